The molecule has 8 heteroatoms. The molecule has 0 atom stereocenters. The number of hydrogen-bond acceptors (Lipinski definition) is 4. The van der Waals surface area contributed by atoms with Crippen molar-refractivity contribution >= 4 is 33.1 Å². The first-order valence-electron chi connectivity index (χ1n) is 4.79. The van der Waals surface area contributed by atoms with Crippen molar-refractivity contribution in [2.75, 3.05) is 12.4 Å². The molecule has 0 fully saturated rings. The van der Waals surface area contributed by atoms with Crippen molar-refractivity contribution in [2.24, 2.45) is 0 Å². The Bertz CT molecular complexity index is 568. The maximum absolute atomic E-state index is 12.7. The Morgan fingerprint density at radius 2 is 2.06 bits per heavy atom. The normalized spacial score (nSPS) is 11.6. The van der Waals surface area contributed by atoms with Gasteiger partial charge in [0.25, 0.3) is 0 Å². The quantitative estimate of drug-likeness (QED) is 0.899. The lowest BCUT2D eigenvalue weighted by Crippen LogP contribution is -2.12. The van der Waals surface area contributed by atoms with Crippen LogP contribution in [-0.2, 0) is 6.18 Å². The third kappa shape index (κ3) is 2.64. The van der Waals surface area contributed by atoms with Crippen LogP contribution in [0.5, 0.6) is 0 Å². The second-order valence-corrected chi connectivity index (χ2v) is 5.08. The lowest BCUT2D eigenvalue weighted by molar-refractivity contribution is -0.144. The zero-order valence-corrected chi connectivity index (χ0v) is 11.4. The van der Waals surface area contributed by atoms with Gasteiger partial charge in [-0.1, -0.05) is 0 Å². The van der Waals surface area contributed by atoms with Gasteiger partial charge in [0.05, 0.1) is 10.6 Å². The van der Waals surface area contributed by atoms with Gasteiger partial charge in [0.15, 0.2) is 0 Å². The molecule has 0 spiro atoms. The van der Waals surface area contributed by atoms with Crippen LogP contribution in [0.2, 0.25) is 0 Å². The average molecular weight is 338 g/mol. The molecule has 0 aromatic carbocycles. The highest BCUT2D eigenvalue weighted by Gasteiger charge is 2.35. The summed E-state index contributed by atoms with van der Waals surface area (Å²) in [5, 5.41) is 4.37. The topological polar surface area (TPSA) is 37.8 Å². The molecule has 3 nitrogen and oxygen atoms in total. The van der Waals surface area contributed by atoms with Crippen LogP contribution < -0.4 is 5.32 Å². The van der Waals surface area contributed by atoms with Gasteiger partial charge in [-0.15, -0.1) is 11.3 Å². The summed E-state index contributed by atoms with van der Waals surface area (Å²) in [4.78, 5) is 7.60. The van der Waals surface area contributed by atoms with Crippen LogP contribution in [0.1, 0.15) is 5.82 Å². The molecule has 0 unspecified atom stereocenters. The van der Waals surface area contributed by atoms with E-state index in [0.29, 0.717) is 9.35 Å². The summed E-state index contributed by atoms with van der Waals surface area (Å²) in [6.07, 6.45) is -4.56. The molecular formula is C10H7BrF3N3S. The minimum absolute atomic E-state index is 0.132. The van der Waals surface area contributed by atoms with E-state index in [1.807, 2.05) is 0 Å². The monoisotopic (exact) mass is 337 g/mol. The van der Waals surface area contributed by atoms with E-state index >= 15 is 0 Å². The Morgan fingerprint density at radius 3 is 2.56 bits per heavy atom. The summed E-state index contributed by atoms with van der Waals surface area (Å²) in [7, 11) is 1.51. The predicted octanol–water partition coefficient (Wildman–Crippen LogP) is 4.03. The third-order valence-electron chi connectivity index (χ3n) is 2.09. The van der Waals surface area contributed by atoms with E-state index in [-0.39, 0.29) is 11.5 Å². The lowest BCUT2D eigenvalue weighted by Gasteiger charge is -2.09. The highest BCUT2D eigenvalue weighted by molar-refractivity contribution is 9.10. The van der Waals surface area contributed by atoms with E-state index in [0.717, 1.165) is 0 Å². The minimum atomic E-state index is -4.56. The third-order valence-corrected chi connectivity index (χ3v) is 3.95. The Labute approximate surface area is 113 Å². The molecule has 0 saturated heterocycles. The molecule has 0 aliphatic carbocycles. The van der Waals surface area contributed by atoms with Crippen LogP contribution in [0.3, 0.4) is 0 Å². The van der Waals surface area contributed by atoms with Crippen molar-refractivity contribution in [1.82, 2.24) is 9.97 Å². The van der Waals surface area contributed by atoms with Gasteiger partial charge in [0.2, 0.25) is 5.82 Å². The van der Waals surface area contributed by atoms with Gasteiger partial charge in [0.1, 0.15) is 5.82 Å². The van der Waals surface area contributed by atoms with Gasteiger partial charge in [-0.3, -0.25) is 0 Å². The summed E-state index contributed by atoms with van der Waals surface area (Å²) >= 11 is 4.58. The number of hydrogen-bond donors (Lipinski definition) is 1. The van der Waals surface area contributed by atoms with E-state index in [9.17, 15) is 13.2 Å². The molecule has 96 valence electrons. The van der Waals surface area contributed by atoms with Crippen molar-refractivity contribution in [3.8, 4) is 10.6 Å². The fraction of sp³-hybridized carbons (Fsp3) is 0.200. The highest BCUT2D eigenvalue weighted by Crippen LogP contribution is 2.35. The molecule has 2 rings (SSSR count). The second-order valence-electron chi connectivity index (χ2n) is 3.31. The van der Waals surface area contributed by atoms with E-state index in [1.165, 1.54) is 24.5 Å². The average Bonchev–Trinajstić information content (AvgIpc) is 2.73. The first kappa shape index (κ1) is 13.3. The van der Waals surface area contributed by atoms with Gasteiger partial charge in [-0.2, -0.15) is 13.2 Å². The molecular weight excluding hydrogens is 331 g/mol. The van der Waals surface area contributed by atoms with Crippen LogP contribution in [0.25, 0.3) is 10.6 Å². The van der Waals surface area contributed by atoms with Gasteiger partial charge in [0, 0.05) is 17.6 Å². The largest absolute Gasteiger partial charge is 0.451 e. The molecule has 0 aliphatic heterocycles. The Kier molecular flexibility index (Phi) is 3.58. The summed E-state index contributed by atoms with van der Waals surface area (Å²) in [5.41, 5.74) is 0.239. The van der Waals surface area contributed by atoms with Crippen molar-refractivity contribution in [3.05, 3.63) is 27.8 Å². The summed E-state index contributed by atoms with van der Waals surface area (Å²) in [5.74, 6) is -1.02. The molecule has 0 saturated carbocycles. The number of thiophene rings is 1. The fourth-order valence-electron chi connectivity index (χ4n) is 1.29. The van der Waals surface area contributed by atoms with Gasteiger partial charge >= 0.3 is 6.18 Å². The number of halogens is 4. The molecule has 2 aromatic heterocycles. The standard InChI is InChI=1S/C10H7BrF3N3S/c1-15-7-4-6(8-5(11)2-3-18-8)16-9(17-7)10(12,13)14/h2-4H,1H3,(H,15,16,17). The van der Waals surface area contributed by atoms with Crippen molar-refractivity contribution < 1.29 is 13.2 Å². The van der Waals surface area contributed by atoms with E-state index in [4.69, 9.17) is 0 Å². The first-order valence-corrected chi connectivity index (χ1v) is 6.46. The molecule has 2 heterocycles. The number of rotatable bonds is 2. The van der Waals surface area contributed by atoms with Crippen LogP contribution in [0.15, 0.2) is 22.0 Å². The molecule has 0 aliphatic rings. The maximum atomic E-state index is 12.7. The van der Waals surface area contributed by atoms with Gasteiger partial charge in [-0.25, -0.2) is 9.97 Å². The second kappa shape index (κ2) is 4.85. The van der Waals surface area contributed by atoms with E-state index < -0.39 is 12.0 Å². The van der Waals surface area contributed by atoms with Crippen LogP contribution in [-0.4, -0.2) is 17.0 Å². The molecule has 2 aromatic rings. The van der Waals surface area contributed by atoms with Crippen LogP contribution in [0, 0.1) is 0 Å². The highest BCUT2D eigenvalue weighted by atomic mass is 79.9. The first-order chi connectivity index (χ1) is 8.41. The molecule has 18 heavy (non-hydrogen) atoms. The number of nitrogens with one attached hydrogen (secondary N) is 1. The predicted molar refractivity (Wildman–Crippen MR) is 67.6 cm³/mol. The Morgan fingerprint density at radius 1 is 1.33 bits per heavy atom. The number of alkyl halides is 3. The van der Waals surface area contributed by atoms with Crippen LogP contribution >= 0.6 is 27.3 Å². The zero-order valence-electron chi connectivity index (χ0n) is 9.05. The molecule has 0 radical (unpaired) electrons. The van der Waals surface area contributed by atoms with Crippen molar-refractivity contribution in [3.63, 3.8) is 0 Å². The molecule has 1 N–H and O–H groups in total. The molecule has 0 amide bonds. The maximum Gasteiger partial charge on any atom is 0.451 e. The number of aromatic nitrogens is 2. The smallest absolute Gasteiger partial charge is 0.373 e. The van der Waals surface area contributed by atoms with E-state index in [2.05, 4.69) is 31.2 Å². The van der Waals surface area contributed by atoms with E-state index in [1.54, 1.807) is 11.4 Å². The SMILES string of the molecule is CNc1cc(-c2sccc2Br)nc(C(F)(F)F)n1. The Balaban J connectivity index is 2.58. The van der Waals surface area contributed by atoms with Gasteiger partial charge < -0.3 is 5.32 Å². The van der Waals surface area contributed by atoms with Crippen molar-refractivity contribution in [1.29, 1.82) is 0 Å². The lowest BCUT2D eigenvalue weighted by atomic mass is 10.3. The fourth-order valence-corrected chi connectivity index (χ4v) is 2.83. The summed E-state index contributed by atoms with van der Waals surface area (Å²) in [6.45, 7) is 0. The summed E-state index contributed by atoms with van der Waals surface area (Å²) in [6, 6.07) is 3.24. The minimum Gasteiger partial charge on any atom is -0.373 e. The number of anilines is 1. The Hall–Kier alpha value is -1.15. The molecule has 0 bridgehead atoms. The van der Waals surface area contributed by atoms with Crippen LogP contribution in [0.4, 0.5) is 19.0 Å². The number of nitrogens with zero attached hydrogens (tertiary/aromatic N) is 2. The zero-order chi connectivity index (χ0) is 13.3. The van der Waals surface area contributed by atoms with Crippen molar-refractivity contribution in [2.45, 2.75) is 6.18 Å². The summed E-state index contributed by atoms with van der Waals surface area (Å²) < 4.78 is 38.7. The van der Waals surface area contributed by atoms with Gasteiger partial charge in [-0.05, 0) is 27.4 Å².